The minimum absolute atomic E-state index is 0.00176. The lowest BCUT2D eigenvalue weighted by molar-refractivity contribution is -0.384. The molecule has 1 unspecified atom stereocenters. The molecular formula is C15H14N6O3S. The highest BCUT2D eigenvalue weighted by Crippen LogP contribution is 2.22. The lowest BCUT2D eigenvalue weighted by atomic mass is 10.2. The van der Waals surface area contributed by atoms with Gasteiger partial charge in [-0.2, -0.15) is 0 Å². The van der Waals surface area contributed by atoms with Gasteiger partial charge in [0.25, 0.3) is 5.69 Å². The van der Waals surface area contributed by atoms with Crippen LogP contribution in [0, 0.1) is 10.1 Å². The zero-order valence-electron chi connectivity index (χ0n) is 13.5. The van der Waals surface area contributed by atoms with Gasteiger partial charge in [-0.3, -0.25) is 18.9 Å². The van der Waals surface area contributed by atoms with Crippen LogP contribution in [-0.2, 0) is 17.2 Å². The van der Waals surface area contributed by atoms with Crippen molar-refractivity contribution in [1.82, 2.24) is 24.7 Å². The quantitative estimate of drug-likeness (QED) is 0.505. The number of nitro benzene ring substituents is 1. The molecule has 0 aliphatic carbocycles. The van der Waals surface area contributed by atoms with Gasteiger partial charge in [-0.1, -0.05) is 6.92 Å². The Hall–Kier alpha value is -3.01. The first-order valence-electron chi connectivity index (χ1n) is 7.36. The van der Waals surface area contributed by atoms with Crippen LogP contribution in [0.2, 0.25) is 0 Å². The van der Waals surface area contributed by atoms with E-state index in [9.17, 15) is 14.3 Å². The number of nitrogens with zero attached hydrogens (tertiary/aromatic N) is 6. The van der Waals surface area contributed by atoms with Gasteiger partial charge in [0.05, 0.1) is 15.7 Å². The Bertz CT molecular complexity index is 954. The molecule has 0 bridgehead atoms. The van der Waals surface area contributed by atoms with Crippen molar-refractivity contribution < 1.29 is 9.13 Å². The summed E-state index contributed by atoms with van der Waals surface area (Å²) in [7, 11) is -1.32. The van der Waals surface area contributed by atoms with Crippen molar-refractivity contribution in [3.63, 3.8) is 0 Å². The lowest BCUT2D eigenvalue weighted by Gasteiger charge is -2.09. The number of non-ortho nitro benzene ring substituents is 1. The molecule has 0 N–H and O–H groups in total. The molecule has 0 radical (unpaired) electrons. The summed E-state index contributed by atoms with van der Waals surface area (Å²) in [6.07, 6.45) is 3.62. The normalized spacial score (nSPS) is 12.1. The first kappa shape index (κ1) is 16.8. The molecular weight excluding hydrogens is 344 g/mol. The summed E-state index contributed by atoms with van der Waals surface area (Å²) in [5.74, 6) is 0.918. The SMILES string of the molecule is CCc1cc(-n2cnnc2S(C)=O)nc(-c2ccc([N+](=O)[O-])cc2)n1. The van der Waals surface area contributed by atoms with Crippen LogP contribution in [0.5, 0.6) is 0 Å². The maximum Gasteiger partial charge on any atom is 0.269 e. The Morgan fingerprint density at radius 2 is 1.96 bits per heavy atom. The molecule has 1 atom stereocenters. The molecule has 0 saturated carbocycles. The van der Waals surface area contributed by atoms with E-state index in [-0.39, 0.29) is 10.8 Å². The molecule has 0 spiro atoms. The van der Waals surface area contributed by atoms with Gasteiger partial charge in [-0.15, -0.1) is 10.2 Å². The van der Waals surface area contributed by atoms with Crippen LogP contribution in [0.3, 0.4) is 0 Å². The smallest absolute Gasteiger partial charge is 0.258 e. The molecule has 3 rings (SSSR count). The van der Waals surface area contributed by atoms with E-state index in [1.165, 1.54) is 24.7 Å². The van der Waals surface area contributed by atoms with Crippen LogP contribution in [0.25, 0.3) is 17.2 Å². The molecule has 10 heteroatoms. The van der Waals surface area contributed by atoms with E-state index in [0.29, 0.717) is 23.6 Å². The number of hydrogen-bond acceptors (Lipinski definition) is 7. The summed E-state index contributed by atoms with van der Waals surface area (Å²) in [6, 6.07) is 7.78. The Morgan fingerprint density at radius 3 is 2.56 bits per heavy atom. The van der Waals surface area contributed by atoms with Crippen molar-refractivity contribution in [2.75, 3.05) is 6.26 Å². The number of aromatic nitrogens is 5. The summed E-state index contributed by atoms with van der Waals surface area (Å²) in [5, 5.41) is 18.7. The summed E-state index contributed by atoms with van der Waals surface area (Å²) >= 11 is 0. The zero-order valence-corrected chi connectivity index (χ0v) is 14.3. The van der Waals surface area contributed by atoms with E-state index in [1.54, 1.807) is 22.8 Å². The highest BCUT2D eigenvalue weighted by Gasteiger charge is 2.14. The fraction of sp³-hybridized carbons (Fsp3) is 0.200. The van der Waals surface area contributed by atoms with Crippen LogP contribution < -0.4 is 0 Å². The van der Waals surface area contributed by atoms with Crippen molar-refractivity contribution in [3.05, 3.63) is 52.5 Å². The largest absolute Gasteiger partial charge is 0.269 e. The number of nitro groups is 1. The second-order valence-corrected chi connectivity index (χ2v) is 6.41. The van der Waals surface area contributed by atoms with E-state index >= 15 is 0 Å². The fourth-order valence-corrected chi connectivity index (χ4v) is 2.81. The summed E-state index contributed by atoms with van der Waals surface area (Å²) in [5.41, 5.74) is 1.42. The zero-order chi connectivity index (χ0) is 18.0. The number of benzene rings is 1. The van der Waals surface area contributed by atoms with Crippen molar-refractivity contribution in [2.24, 2.45) is 0 Å². The third-order valence-electron chi connectivity index (χ3n) is 3.48. The first-order chi connectivity index (χ1) is 12.0. The van der Waals surface area contributed by atoms with E-state index < -0.39 is 15.7 Å². The third-order valence-corrected chi connectivity index (χ3v) is 4.28. The van der Waals surface area contributed by atoms with Crippen LogP contribution in [0.1, 0.15) is 12.6 Å². The lowest BCUT2D eigenvalue weighted by Crippen LogP contribution is -2.07. The van der Waals surface area contributed by atoms with E-state index in [4.69, 9.17) is 0 Å². The second kappa shape index (κ2) is 6.85. The van der Waals surface area contributed by atoms with Crippen LogP contribution in [0.4, 0.5) is 5.69 Å². The van der Waals surface area contributed by atoms with Crippen molar-refractivity contribution in [1.29, 1.82) is 0 Å². The number of hydrogen-bond donors (Lipinski definition) is 0. The molecule has 2 aromatic heterocycles. The van der Waals surface area contributed by atoms with Gasteiger partial charge in [-0.25, -0.2) is 9.97 Å². The monoisotopic (exact) mass is 358 g/mol. The average Bonchev–Trinajstić information content (AvgIpc) is 3.11. The topological polar surface area (TPSA) is 117 Å². The van der Waals surface area contributed by atoms with Gasteiger partial charge in [0.2, 0.25) is 5.16 Å². The highest BCUT2D eigenvalue weighted by molar-refractivity contribution is 7.84. The van der Waals surface area contributed by atoms with Crippen molar-refractivity contribution in [2.45, 2.75) is 18.5 Å². The summed E-state index contributed by atoms with van der Waals surface area (Å²) in [6.45, 7) is 1.96. The molecule has 0 amide bonds. The highest BCUT2D eigenvalue weighted by atomic mass is 32.2. The Morgan fingerprint density at radius 1 is 1.24 bits per heavy atom. The van der Waals surface area contributed by atoms with E-state index in [1.807, 2.05) is 6.92 Å². The molecule has 25 heavy (non-hydrogen) atoms. The standard InChI is InChI=1S/C15H14N6O3S/c1-3-11-8-13(20-9-16-19-15(20)25(2)24)18-14(17-11)10-4-6-12(7-5-10)21(22)23/h4-9H,3H2,1-2H3. The predicted octanol–water partition coefficient (Wildman–Crippen LogP) is 1.93. The van der Waals surface area contributed by atoms with Gasteiger partial charge >= 0.3 is 0 Å². The van der Waals surface area contributed by atoms with Gasteiger partial charge in [0, 0.05) is 35.7 Å². The Balaban J connectivity index is 2.10. The minimum Gasteiger partial charge on any atom is -0.258 e. The summed E-state index contributed by atoms with van der Waals surface area (Å²) < 4.78 is 13.3. The molecule has 1 aromatic carbocycles. The maximum absolute atomic E-state index is 11.8. The molecule has 0 aliphatic rings. The molecule has 0 aliphatic heterocycles. The third kappa shape index (κ3) is 3.43. The second-order valence-electron chi connectivity index (χ2n) is 5.14. The van der Waals surface area contributed by atoms with Crippen molar-refractivity contribution in [3.8, 4) is 17.2 Å². The van der Waals surface area contributed by atoms with Gasteiger partial charge in [0.1, 0.15) is 12.1 Å². The number of rotatable bonds is 5. The minimum atomic E-state index is -1.32. The van der Waals surface area contributed by atoms with Crippen LogP contribution >= 0.6 is 0 Å². The number of aryl methyl sites for hydroxylation is 1. The molecule has 0 saturated heterocycles. The molecule has 2 heterocycles. The van der Waals surface area contributed by atoms with Crippen molar-refractivity contribution >= 4 is 16.5 Å². The van der Waals surface area contributed by atoms with Gasteiger partial charge in [0.15, 0.2) is 5.82 Å². The van der Waals surface area contributed by atoms with E-state index in [2.05, 4.69) is 20.2 Å². The predicted molar refractivity (Wildman–Crippen MR) is 90.7 cm³/mol. The summed E-state index contributed by atoms with van der Waals surface area (Å²) in [4.78, 5) is 19.3. The molecule has 128 valence electrons. The van der Waals surface area contributed by atoms with Crippen LogP contribution in [-0.4, -0.2) is 40.1 Å². The Kier molecular flexibility index (Phi) is 4.61. The Labute approximate surface area is 145 Å². The average molecular weight is 358 g/mol. The molecule has 0 fully saturated rings. The fourth-order valence-electron chi connectivity index (χ4n) is 2.23. The van der Waals surface area contributed by atoms with Gasteiger partial charge < -0.3 is 0 Å². The molecule has 9 nitrogen and oxygen atoms in total. The maximum atomic E-state index is 11.8. The van der Waals surface area contributed by atoms with E-state index in [0.717, 1.165) is 5.69 Å². The molecule has 3 aromatic rings. The van der Waals surface area contributed by atoms with Gasteiger partial charge in [-0.05, 0) is 18.6 Å². The van der Waals surface area contributed by atoms with Crippen LogP contribution in [0.15, 0.2) is 41.8 Å². The first-order valence-corrected chi connectivity index (χ1v) is 8.92.